The third-order valence-corrected chi connectivity index (χ3v) is 4.16. The number of hydrogen-bond donors (Lipinski definition) is 2. The van der Waals surface area contributed by atoms with Gasteiger partial charge in [0.2, 0.25) is 5.91 Å². The minimum Gasteiger partial charge on any atom is -0.497 e. The van der Waals surface area contributed by atoms with Crippen molar-refractivity contribution >= 4 is 17.7 Å². The predicted octanol–water partition coefficient (Wildman–Crippen LogP) is 2.23. The first-order valence-corrected chi connectivity index (χ1v) is 8.71. The molecule has 0 bridgehead atoms. The molecule has 0 saturated carbocycles. The van der Waals surface area contributed by atoms with E-state index in [0.717, 1.165) is 18.5 Å². The number of benzene rings is 1. The molecule has 0 aliphatic carbocycles. The second kappa shape index (κ2) is 9.88. The zero-order valence-electron chi connectivity index (χ0n) is 14.9. The number of nitrogens with zero attached hydrogens (tertiary/aromatic N) is 1. The van der Waals surface area contributed by atoms with Crippen molar-refractivity contribution in [3.05, 3.63) is 24.3 Å². The van der Waals surface area contributed by atoms with Gasteiger partial charge in [0.15, 0.2) is 0 Å². The van der Waals surface area contributed by atoms with Crippen LogP contribution in [0.4, 0.5) is 10.5 Å². The first kappa shape index (κ1) is 19.1. The molecule has 0 unspecified atom stereocenters. The van der Waals surface area contributed by atoms with Gasteiger partial charge in [-0.05, 0) is 31.9 Å². The van der Waals surface area contributed by atoms with Crippen LogP contribution in [0.15, 0.2) is 24.3 Å². The van der Waals surface area contributed by atoms with E-state index in [0.29, 0.717) is 44.5 Å². The molecule has 7 heteroatoms. The van der Waals surface area contributed by atoms with Crippen molar-refractivity contribution in [3.63, 3.8) is 0 Å². The van der Waals surface area contributed by atoms with Gasteiger partial charge in [-0.2, -0.15) is 0 Å². The summed E-state index contributed by atoms with van der Waals surface area (Å²) in [5, 5.41) is 6.25. The van der Waals surface area contributed by atoms with Crippen LogP contribution in [-0.4, -0.2) is 56.3 Å². The maximum Gasteiger partial charge on any atom is 0.409 e. The number of ether oxygens (including phenoxy) is 2. The molecule has 1 aromatic carbocycles. The Morgan fingerprint density at radius 1 is 1.28 bits per heavy atom. The Labute approximate surface area is 148 Å². The number of likely N-dealkylation sites (tertiary alicyclic amines) is 1. The number of methoxy groups -OCH3 is 1. The summed E-state index contributed by atoms with van der Waals surface area (Å²) in [6.07, 6.45) is 1.90. The molecular weight excluding hydrogens is 322 g/mol. The highest BCUT2D eigenvalue weighted by Gasteiger charge is 2.23. The number of rotatable bonds is 7. The number of carbonyl (C=O) groups excluding carboxylic acids is 2. The van der Waals surface area contributed by atoms with Crippen LogP contribution in [0, 0.1) is 0 Å². The molecule has 138 valence electrons. The fourth-order valence-corrected chi connectivity index (χ4v) is 2.80. The summed E-state index contributed by atoms with van der Waals surface area (Å²) in [5.74, 6) is 0.675. The second-order valence-corrected chi connectivity index (χ2v) is 5.94. The van der Waals surface area contributed by atoms with E-state index in [1.807, 2.05) is 25.1 Å². The summed E-state index contributed by atoms with van der Waals surface area (Å²) in [5.41, 5.74) is 0.729. The van der Waals surface area contributed by atoms with E-state index >= 15 is 0 Å². The van der Waals surface area contributed by atoms with Crippen LogP contribution in [0.5, 0.6) is 5.75 Å². The predicted molar refractivity (Wildman–Crippen MR) is 95.9 cm³/mol. The Hall–Kier alpha value is -2.28. The lowest BCUT2D eigenvalue weighted by Gasteiger charge is -2.31. The number of hydrogen-bond acceptors (Lipinski definition) is 5. The van der Waals surface area contributed by atoms with Gasteiger partial charge in [0.1, 0.15) is 5.75 Å². The molecule has 2 rings (SSSR count). The van der Waals surface area contributed by atoms with Crippen LogP contribution in [-0.2, 0) is 9.53 Å². The molecule has 0 radical (unpaired) electrons. The lowest BCUT2D eigenvalue weighted by atomic mass is 10.1. The van der Waals surface area contributed by atoms with Gasteiger partial charge >= 0.3 is 6.09 Å². The third kappa shape index (κ3) is 6.26. The lowest BCUT2D eigenvalue weighted by molar-refractivity contribution is -0.116. The van der Waals surface area contributed by atoms with Crippen molar-refractivity contribution < 1.29 is 19.1 Å². The molecule has 0 aromatic heterocycles. The van der Waals surface area contributed by atoms with Crippen LogP contribution in [0.3, 0.4) is 0 Å². The largest absolute Gasteiger partial charge is 0.497 e. The molecule has 1 aliphatic rings. The molecule has 25 heavy (non-hydrogen) atoms. The van der Waals surface area contributed by atoms with E-state index in [9.17, 15) is 9.59 Å². The number of piperidine rings is 1. The summed E-state index contributed by atoms with van der Waals surface area (Å²) in [6.45, 7) is 4.20. The molecule has 0 atom stereocenters. The van der Waals surface area contributed by atoms with Gasteiger partial charge in [0.05, 0.1) is 13.7 Å². The zero-order chi connectivity index (χ0) is 18.1. The van der Waals surface area contributed by atoms with Crippen LogP contribution >= 0.6 is 0 Å². The van der Waals surface area contributed by atoms with E-state index in [-0.39, 0.29) is 12.0 Å². The third-order valence-electron chi connectivity index (χ3n) is 4.16. The number of anilines is 1. The van der Waals surface area contributed by atoms with Crippen molar-refractivity contribution in [1.29, 1.82) is 0 Å². The van der Waals surface area contributed by atoms with E-state index in [1.54, 1.807) is 18.1 Å². The molecular formula is C18H27N3O4. The highest BCUT2D eigenvalue weighted by molar-refractivity contribution is 5.91. The molecule has 0 spiro atoms. The zero-order valence-corrected chi connectivity index (χ0v) is 14.9. The Balaban J connectivity index is 1.64. The Morgan fingerprint density at radius 2 is 2.04 bits per heavy atom. The topological polar surface area (TPSA) is 79.9 Å². The molecule has 1 aliphatic heterocycles. The van der Waals surface area contributed by atoms with E-state index in [1.165, 1.54) is 0 Å². The normalized spacial score (nSPS) is 14.9. The van der Waals surface area contributed by atoms with Gasteiger partial charge in [0.25, 0.3) is 0 Å². The summed E-state index contributed by atoms with van der Waals surface area (Å²) in [6, 6.07) is 7.62. The molecule has 1 heterocycles. The smallest absolute Gasteiger partial charge is 0.409 e. The first-order chi connectivity index (χ1) is 12.1. The van der Waals surface area contributed by atoms with Crippen molar-refractivity contribution in [2.45, 2.75) is 32.2 Å². The number of nitrogens with one attached hydrogen (secondary N) is 2. The molecule has 1 fully saturated rings. The Bertz CT molecular complexity index is 571. The quantitative estimate of drug-likeness (QED) is 0.789. The Morgan fingerprint density at radius 3 is 2.72 bits per heavy atom. The maximum atomic E-state index is 12.0. The van der Waals surface area contributed by atoms with Crippen molar-refractivity contribution in [1.82, 2.24) is 10.2 Å². The van der Waals surface area contributed by atoms with Crippen LogP contribution < -0.4 is 15.4 Å². The van der Waals surface area contributed by atoms with Gasteiger partial charge in [-0.25, -0.2) is 4.79 Å². The highest BCUT2D eigenvalue weighted by atomic mass is 16.6. The standard InChI is InChI=1S/C18H27N3O4/c1-3-25-18(23)21-11-8-14(9-12-21)19-10-7-17(22)20-15-5-4-6-16(13-15)24-2/h4-6,13-14,19H,3,7-12H2,1-2H3,(H,20,22). The SMILES string of the molecule is CCOC(=O)N1CCC(NCCC(=O)Nc2cccc(OC)c2)CC1. The van der Waals surface area contributed by atoms with Gasteiger partial charge in [-0.1, -0.05) is 6.07 Å². The van der Waals surface area contributed by atoms with Gasteiger partial charge in [-0.3, -0.25) is 4.79 Å². The molecule has 1 aromatic rings. The van der Waals surface area contributed by atoms with Crippen LogP contribution in [0.1, 0.15) is 26.2 Å². The van der Waals surface area contributed by atoms with Gasteiger partial charge < -0.3 is 25.0 Å². The number of amides is 2. The minimum atomic E-state index is -0.237. The minimum absolute atomic E-state index is 0.0373. The first-order valence-electron chi connectivity index (χ1n) is 8.71. The summed E-state index contributed by atoms with van der Waals surface area (Å²) in [7, 11) is 1.60. The summed E-state index contributed by atoms with van der Waals surface area (Å²) >= 11 is 0. The van der Waals surface area contributed by atoms with Gasteiger partial charge in [0, 0.05) is 43.9 Å². The van der Waals surface area contributed by atoms with Gasteiger partial charge in [-0.15, -0.1) is 0 Å². The average Bonchev–Trinajstić information content (AvgIpc) is 2.62. The van der Waals surface area contributed by atoms with E-state index < -0.39 is 0 Å². The van der Waals surface area contributed by atoms with Crippen molar-refractivity contribution in [2.75, 3.05) is 38.7 Å². The van der Waals surface area contributed by atoms with Crippen LogP contribution in [0.25, 0.3) is 0 Å². The van der Waals surface area contributed by atoms with Crippen molar-refractivity contribution in [2.24, 2.45) is 0 Å². The fraction of sp³-hybridized carbons (Fsp3) is 0.556. The molecule has 7 nitrogen and oxygen atoms in total. The molecule has 2 amide bonds. The summed E-state index contributed by atoms with van der Waals surface area (Å²) in [4.78, 5) is 25.4. The summed E-state index contributed by atoms with van der Waals surface area (Å²) < 4.78 is 10.1. The maximum absolute atomic E-state index is 12.0. The fourth-order valence-electron chi connectivity index (χ4n) is 2.80. The molecule has 2 N–H and O–H groups in total. The average molecular weight is 349 g/mol. The monoisotopic (exact) mass is 349 g/mol. The van der Waals surface area contributed by atoms with Crippen LogP contribution in [0.2, 0.25) is 0 Å². The van der Waals surface area contributed by atoms with E-state index in [2.05, 4.69) is 10.6 Å². The number of carbonyl (C=O) groups is 2. The Kier molecular flexibility index (Phi) is 7.53. The second-order valence-electron chi connectivity index (χ2n) is 5.94. The van der Waals surface area contributed by atoms with E-state index in [4.69, 9.17) is 9.47 Å². The van der Waals surface area contributed by atoms with Crippen molar-refractivity contribution in [3.8, 4) is 5.75 Å². The lowest BCUT2D eigenvalue weighted by Crippen LogP contribution is -2.45. The highest BCUT2D eigenvalue weighted by Crippen LogP contribution is 2.17. The molecule has 1 saturated heterocycles.